The average molecular weight is 871 g/mol. The third-order valence-electron chi connectivity index (χ3n) is 13.6. The second kappa shape index (κ2) is 16.1. The highest BCUT2D eigenvalue weighted by molar-refractivity contribution is 6.22. The zero-order chi connectivity index (χ0) is 45.9. The smallest absolute Gasteiger partial charge is 0.187 e. The number of para-hydroxylation sites is 1. The van der Waals surface area contributed by atoms with Crippen molar-refractivity contribution in [3.05, 3.63) is 269 Å². The largest absolute Gasteiger partial charge is 0.455 e. The van der Waals surface area contributed by atoms with Crippen molar-refractivity contribution < 1.29 is 4.42 Å². The Bertz CT molecular complexity index is 3780. The van der Waals surface area contributed by atoms with Crippen LogP contribution in [0.5, 0.6) is 0 Å². The van der Waals surface area contributed by atoms with Crippen LogP contribution in [0.25, 0.3) is 48.7 Å². The van der Waals surface area contributed by atoms with Crippen molar-refractivity contribution in [2.75, 3.05) is 9.80 Å². The van der Waals surface area contributed by atoms with E-state index in [0.717, 1.165) is 106 Å². The van der Waals surface area contributed by atoms with Crippen LogP contribution in [0.2, 0.25) is 0 Å². The standard InChI is InChI=1S/C63H42N4O/c1-41-25-31-47(32-26-41)66(49-35-29-46(65-3)30-36-49)56-38-54-59(52-22-11-10-21-51(52)56)61-55(63(54,44-16-6-4-7-17-44)45-18-8-5-9-19-45)39-57(60-53-23-12-13-24-58(53)68-62(60)61)67(50-20-14-15-42(2)37-50)48-33-27-43(40-64)28-34-48/h4-39H,1-2H3. The van der Waals surface area contributed by atoms with Gasteiger partial charge in [-0.1, -0.05) is 145 Å². The SMILES string of the molecule is [C-]#[N+]c1ccc(N(c2ccc(C)cc2)c2cc3c(c4ccccc24)-c2c(cc(N(c4ccc(C#N)cc4)c4cccc(C)c4)c4c2oc2ccccc24)C3(c2ccccc2)c2ccccc2)cc1. The second-order valence-electron chi connectivity index (χ2n) is 17.6. The van der Waals surface area contributed by atoms with E-state index in [9.17, 15) is 5.26 Å². The molecule has 1 aliphatic rings. The minimum atomic E-state index is -0.857. The van der Waals surface area contributed by atoms with Gasteiger partial charge in [0.05, 0.1) is 40.4 Å². The lowest BCUT2D eigenvalue weighted by atomic mass is 9.67. The molecule has 11 aromatic rings. The summed E-state index contributed by atoms with van der Waals surface area (Å²) in [6.45, 7) is 12.0. The van der Waals surface area contributed by atoms with Gasteiger partial charge in [0.15, 0.2) is 5.69 Å². The van der Waals surface area contributed by atoms with Gasteiger partial charge < -0.3 is 14.2 Å². The van der Waals surface area contributed by atoms with E-state index in [1.807, 2.05) is 42.5 Å². The summed E-state index contributed by atoms with van der Waals surface area (Å²) < 4.78 is 7.33. The molecule has 0 radical (unpaired) electrons. The van der Waals surface area contributed by atoms with Gasteiger partial charge in [0, 0.05) is 39.1 Å². The van der Waals surface area contributed by atoms with Crippen LogP contribution in [-0.4, -0.2) is 0 Å². The molecule has 1 aliphatic carbocycles. The van der Waals surface area contributed by atoms with Crippen molar-refractivity contribution in [2.24, 2.45) is 0 Å². The number of rotatable bonds is 8. The zero-order valence-electron chi connectivity index (χ0n) is 37.5. The summed E-state index contributed by atoms with van der Waals surface area (Å²) in [7, 11) is 0. The minimum Gasteiger partial charge on any atom is -0.455 e. The lowest BCUT2D eigenvalue weighted by molar-refractivity contribution is 0.669. The molecule has 0 unspecified atom stereocenters. The summed E-state index contributed by atoms with van der Waals surface area (Å²) in [6.07, 6.45) is 0. The maximum absolute atomic E-state index is 9.94. The molecular weight excluding hydrogens is 829 g/mol. The van der Waals surface area contributed by atoms with Gasteiger partial charge in [0.25, 0.3) is 0 Å². The summed E-state index contributed by atoms with van der Waals surface area (Å²) in [6, 6.07) is 79.3. The maximum atomic E-state index is 9.94. The third kappa shape index (κ3) is 6.22. The van der Waals surface area contributed by atoms with Crippen LogP contribution in [0.1, 0.15) is 38.9 Å². The molecule has 0 fully saturated rings. The van der Waals surface area contributed by atoms with E-state index in [1.54, 1.807) is 0 Å². The molecule has 5 heteroatoms. The molecule has 10 aromatic carbocycles. The van der Waals surface area contributed by atoms with Crippen LogP contribution in [-0.2, 0) is 5.41 Å². The number of hydrogen-bond acceptors (Lipinski definition) is 4. The van der Waals surface area contributed by atoms with Crippen LogP contribution >= 0.6 is 0 Å². The van der Waals surface area contributed by atoms with E-state index in [-0.39, 0.29) is 0 Å². The second-order valence-corrected chi connectivity index (χ2v) is 17.6. The van der Waals surface area contributed by atoms with Gasteiger partial charge in [-0.2, -0.15) is 5.26 Å². The van der Waals surface area contributed by atoms with E-state index in [2.05, 4.69) is 210 Å². The summed E-state index contributed by atoms with van der Waals surface area (Å²) in [5, 5.41) is 14.1. The van der Waals surface area contributed by atoms with Gasteiger partial charge in [-0.3, -0.25) is 0 Å². The molecule has 0 saturated carbocycles. The predicted octanol–water partition coefficient (Wildman–Crippen LogP) is 17.1. The molecular formula is C63H42N4O. The maximum Gasteiger partial charge on any atom is 0.187 e. The highest BCUT2D eigenvalue weighted by Crippen LogP contribution is 2.63. The highest BCUT2D eigenvalue weighted by atomic mass is 16.3. The normalized spacial score (nSPS) is 12.4. The van der Waals surface area contributed by atoms with E-state index in [4.69, 9.17) is 11.0 Å². The van der Waals surface area contributed by atoms with Crippen molar-refractivity contribution in [3.63, 3.8) is 0 Å². The van der Waals surface area contributed by atoms with E-state index < -0.39 is 5.41 Å². The molecule has 0 aliphatic heterocycles. The van der Waals surface area contributed by atoms with Crippen molar-refractivity contribution in [2.45, 2.75) is 19.3 Å². The zero-order valence-corrected chi connectivity index (χ0v) is 37.5. The quantitative estimate of drug-likeness (QED) is 0.143. The minimum absolute atomic E-state index is 0.588. The van der Waals surface area contributed by atoms with Crippen LogP contribution < -0.4 is 9.80 Å². The van der Waals surface area contributed by atoms with Crippen LogP contribution in [0.4, 0.5) is 39.8 Å². The van der Waals surface area contributed by atoms with Gasteiger partial charge in [0.1, 0.15) is 11.2 Å². The Balaban J connectivity index is 1.28. The lowest BCUT2D eigenvalue weighted by Gasteiger charge is -2.36. The first-order chi connectivity index (χ1) is 33.5. The number of anilines is 6. The Morgan fingerprint density at radius 3 is 1.66 bits per heavy atom. The fourth-order valence-corrected chi connectivity index (χ4v) is 10.7. The van der Waals surface area contributed by atoms with Gasteiger partial charge >= 0.3 is 0 Å². The monoisotopic (exact) mass is 870 g/mol. The fraction of sp³-hybridized carbons (Fsp3) is 0.0476. The number of nitriles is 1. The first-order valence-corrected chi connectivity index (χ1v) is 22.8. The number of aryl methyl sites for hydroxylation is 2. The molecule has 0 saturated heterocycles. The molecule has 320 valence electrons. The molecule has 68 heavy (non-hydrogen) atoms. The summed E-state index contributed by atoms with van der Waals surface area (Å²) in [5.41, 5.74) is 16.7. The molecule has 0 bridgehead atoms. The van der Waals surface area contributed by atoms with Crippen molar-refractivity contribution in [1.82, 2.24) is 0 Å². The number of furan rings is 1. The Kier molecular flexibility index (Phi) is 9.54. The summed E-state index contributed by atoms with van der Waals surface area (Å²) in [4.78, 5) is 8.42. The Morgan fingerprint density at radius 2 is 1.03 bits per heavy atom. The van der Waals surface area contributed by atoms with Gasteiger partial charge in [-0.15, -0.1) is 0 Å². The van der Waals surface area contributed by atoms with Crippen molar-refractivity contribution in [1.29, 1.82) is 5.26 Å². The molecule has 0 N–H and O–H groups in total. The molecule has 0 spiro atoms. The average Bonchev–Trinajstić information content (AvgIpc) is 3.92. The third-order valence-corrected chi connectivity index (χ3v) is 13.6. The molecule has 5 nitrogen and oxygen atoms in total. The van der Waals surface area contributed by atoms with Crippen LogP contribution in [0, 0.1) is 31.8 Å². The predicted molar refractivity (Wildman–Crippen MR) is 278 cm³/mol. The van der Waals surface area contributed by atoms with Crippen molar-refractivity contribution in [3.8, 4) is 17.2 Å². The van der Waals surface area contributed by atoms with Crippen LogP contribution in [0.3, 0.4) is 0 Å². The Morgan fingerprint density at radius 1 is 0.485 bits per heavy atom. The van der Waals surface area contributed by atoms with E-state index in [0.29, 0.717) is 11.3 Å². The first-order valence-electron chi connectivity index (χ1n) is 22.8. The van der Waals surface area contributed by atoms with E-state index in [1.165, 1.54) is 5.56 Å². The molecule has 0 amide bonds. The summed E-state index contributed by atoms with van der Waals surface area (Å²) in [5.74, 6) is 0. The van der Waals surface area contributed by atoms with Gasteiger partial charge in [0.2, 0.25) is 0 Å². The first kappa shape index (κ1) is 40.4. The number of hydrogen-bond donors (Lipinski definition) is 0. The van der Waals surface area contributed by atoms with Crippen molar-refractivity contribution >= 4 is 72.5 Å². The number of fused-ring (bicyclic) bond motifs is 9. The molecule has 1 aromatic heterocycles. The Hall–Kier alpha value is -9.16. The topological polar surface area (TPSA) is 47.8 Å². The lowest BCUT2D eigenvalue weighted by Crippen LogP contribution is -2.29. The van der Waals surface area contributed by atoms with Gasteiger partial charge in [-0.25, -0.2) is 4.85 Å². The fourth-order valence-electron chi connectivity index (χ4n) is 10.7. The molecule has 0 atom stereocenters. The summed E-state index contributed by atoms with van der Waals surface area (Å²) >= 11 is 0. The Labute approximate surface area is 395 Å². The molecule has 12 rings (SSSR count). The number of nitrogens with zero attached hydrogens (tertiary/aromatic N) is 4. The molecule has 1 heterocycles. The number of benzene rings is 10. The highest BCUT2D eigenvalue weighted by Gasteiger charge is 2.49. The van der Waals surface area contributed by atoms with Gasteiger partial charge in [-0.05, 0) is 131 Å². The van der Waals surface area contributed by atoms with Crippen LogP contribution in [0.15, 0.2) is 223 Å². The van der Waals surface area contributed by atoms with E-state index >= 15 is 0 Å².